The van der Waals surface area contributed by atoms with Gasteiger partial charge in [0.25, 0.3) is 0 Å². The van der Waals surface area contributed by atoms with Crippen molar-refractivity contribution >= 4 is 49.3 Å². The lowest BCUT2D eigenvalue weighted by atomic mass is 10.2. The van der Waals surface area contributed by atoms with Crippen LogP contribution in [0.5, 0.6) is 0 Å². The van der Waals surface area contributed by atoms with Crippen molar-refractivity contribution in [2.75, 3.05) is 31.5 Å². The molecule has 1 aromatic carbocycles. The number of piperazine rings is 1. The number of aromatic nitrogens is 1. The summed E-state index contributed by atoms with van der Waals surface area (Å²) < 4.78 is 32.9. The number of benzene rings is 1. The molecule has 2 heterocycles. The second-order valence-electron chi connectivity index (χ2n) is 6.51. The van der Waals surface area contributed by atoms with Crippen LogP contribution in [0.4, 0.5) is 5.88 Å². The molecule has 1 N–H and O–H groups in total. The van der Waals surface area contributed by atoms with Gasteiger partial charge in [0, 0.05) is 36.7 Å². The number of anilines is 1. The van der Waals surface area contributed by atoms with Crippen LogP contribution in [0.15, 0.2) is 38.2 Å². The summed E-state index contributed by atoms with van der Waals surface area (Å²) in [5.74, 6) is 0.0591. The number of nitrogens with one attached hydrogen (secondary N) is 1. The highest BCUT2D eigenvalue weighted by Gasteiger charge is 2.33. The molecule has 1 aliphatic heterocycles. The summed E-state index contributed by atoms with van der Waals surface area (Å²) in [7, 11) is -3.69. The Morgan fingerprint density at radius 1 is 1.29 bits per heavy atom. The Bertz CT molecular complexity index is 973. The molecule has 1 fully saturated rings. The van der Waals surface area contributed by atoms with E-state index in [-0.39, 0.29) is 28.9 Å². The van der Waals surface area contributed by atoms with Crippen molar-refractivity contribution in [2.24, 2.45) is 0 Å². The van der Waals surface area contributed by atoms with Crippen molar-refractivity contribution in [1.29, 1.82) is 0 Å². The molecule has 152 valence electrons. The van der Waals surface area contributed by atoms with Crippen LogP contribution < -0.4 is 5.32 Å². The summed E-state index contributed by atoms with van der Waals surface area (Å²) in [6.07, 6.45) is 0. The molecule has 1 saturated heterocycles. The van der Waals surface area contributed by atoms with Crippen LogP contribution in [-0.4, -0.2) is 60.9 Å². The van der Waals surface area contributed by atoms with Crippen LogP contribution in [0.25, 0.3) is 0 Å². The Balaban J connectivity index is 1.62. The van der Waals surface area contributed by atoms with E-state index in [0.717, 1.165) is 0 Å². The highest BCUT2D eigenvalue weighted by atomic mass is 79.9. The molecule has 1 atom stereocenters. The van der Waals surface area contributed by atoms with Gasteiger partial charge >= 0.3 is 0 Å². The topological polar surface area (TPSA) is 95.8 Å². The highest BCUT2D eigenvalue weighted by molar-refractivity contribution is 9.10. The molecule has 2 aromatic rings. The first-order chi connectivity index (χ1) is 13.2. The summed E-state index contributed by atoms with van der Waals surface area (Å²) in [6, 6.07) is 5.89. The first-order valence-electron chi connectivity index (χ1n) is 8.62. The van der Waals surface area contributed by atoms with E-state index >= 15 is 0 Å². The van der Waals surface area contributed by atoms with Gasteiger partial charge in [-0.3, -0.25) is 15.0 Å². The van der Waals surface area contributed by atoms with E-state index in [9.17, 15) is 13.2 Å². The largest absolute Gasteiger partial charge is 0.338 e. The van der Waals surface area contributed by atoms with Gasteiger partial charge in [0.2, 0.25) is 21.8 Å². The summed E-state index contributed by atoms with van der Waals surface area (Å²) in [5, 5.41) is 6.58. The van der Waals surface area contributed by atoms with Crippen LogP contribution in [0, 0.1) is 6.92 Å². The standard InChI is InChI=1S/C17H20BrClN4O4S/c1-11-9-16(27-21-11)20-17(24)12(2)22-5-7-23(8-6-22)28(25,26)15-4-3-13(18)10-14(15)19/h3-4,9-10,12H,5-8H2,1-2H3,(H,20,24)/t12-/m0/s1. The molecule has 11 heteroatoms. The van der Waals surface area contributed by atoms with Crippen molar-refractivity contribution in [3.63, 3.8) is 0 Å². The van der Waals surface area contributed by atoms with Crippen LogP contribution >= 0.6 is 27.5 Å². The number of hydrogen-bond acceptors (Lipinski definition) is 6. The minimum atomic E-state index is -3.69. The van der Waals surface area contributed by atoms with E-state index in [2.05, 4.69) is 26.4 Å². The normalized spacial score (nSPS) is 17.4. The zero-order chi connectivity index (χ0) is 20.5. The maximum atomic E-state index is 12.9. The molecule has 1 aromatic heterocycles. The monoisotopic (exact) mass is 490 g/mol. The third kappa shape index (κ3) is 4.57. The molecule has 0 unspecified atom stereocenters. The number of nitrogens with zero attached hydrogens (tertiary/aromatic N) is 3. The summed E-state index contributed by atoms with van der Waals surface area (Å²) in [6.45, 7) is 4.94. The Labute approximate surface area is 177 Å². The van der Waals surface area contributed by atoms with Gasteiger partial charge in [-0.05, 0) is 32.0 Å². The van der Waals surface area contributed by atoms with Gasteiger partial charge in [-0.25, -0.2) is 8.42 Å². The number of aryl methyl sites for hydroxylation is 1. The van der Waals surface area contributed by atoms with Gasteiger partial charge in [-0.15, -0.1) is 0 Å². The third-order valence-corrected chi connectivity index (χ3v) is 7.46. The van der Waals surface area contributed by atoms with Gasteiger partial charge in [0.15, 0.2) is 0 Å². The Kier molecular flexibility index (Phi) is 6.45. The smallest absolute Gasteiger partial charge is 0.244 e. The molecule has 0 radical (unpaired) electrons. The molecule has 3 rings (SSSR count). The zero-order valence-corrected chi connectivity index (χ0v) is 18.5. The minimum Gasteiger partial charge on any atom is -0.338 e. The molecule has 0 aliphatic carbocycles. The fraction of sp³-hybridized carbons (Fsp3) is 0.412. The first kappa shape index (κ1) is 21.3. The summed E-state index contributed by atoms with van der Waals surface area (Å²) in [4.78, 5) is 14.4. The summed E-state index contributed by atoms with van der Waals surface area (Å²) in [5.41, 5.74) is 0.674. The molecule has 0 saturated carbocycles. The molecule has 1 amide bonds. The number of carbonyl (C=O) groups is 1. The lowest BCUT2D eigenvalue weighted by Crippen LogP contribution is -2.53. The lowest BCUT2D eigenvalue weighted by Gasteiger charge is -2.36. The van der Waals surface area contributed by atoms with Crippen molar-refractivity contribution in [3.8, 4) is 0 Å². The maximum Gasteiger partial charge on any atom is 0.244 e. The average molecular weight is 492 g/mol. The first-order valence-corrected chi connectivity index (χ1v) is 11.2. The second kappa shape index (κ2) is 8.50. The fourth-order valence-electron chi connectivity index (χ4n) is 2.97. The quantitative estimate of drug-likeness (QED) is 0.691. The number of sulfonamides is 1. The van der Waals surface area contributed by atoms with Crippen LogP contribution in [0.1, 0.15) is 12.6 Å². The molecule has 0 bridgehead atoms. The number of amides is 1. The van der Waals surface area contributed by atoms with Crippen molar-refractivity contribution in [1.82, 2.24) is 14.4 Å². The van der Waals surface area contributed by atoms with Crippen molar-refractivity contribution < 1.29 is 17.7 Å². The highest BCUT2D eigenvalue weighted by Crippen LogP contribution is 2.28. The lowest BCUT2D eigenvalue weighted by molar-refractivity contribution is -0.121. The molecule has 0 spiro atoms. The SMILES string of the molecule is Cc1cc(NC(=O)[C@H](C)N2CCN(S(=O)(=O)c3ccc(Br)cc3Cl)CC2)on1. The maximum absolute atomic E-state index is 12.9. The zero-order valence-electron chi connectivity index (χ0n) is 15.4. The molecule has 28 heavy (non-hydrogen) atoms. The number of rotatable bonds is 5. The van der Waals surface area contributed by atoms with Crippen LogP contribution in [0.3, 0.4) is 0 Å². The molecule has 1 aliphatic rings. The molecular weight excluding hydrogens is 472 g/mol. The Morgan fingerprint density at radius 3 is 2.54 bits per heavy atom. The Morgan fingerprint density at radius 2 is 1.96 bits per heavy atom. The molecule has 8 nitrogen and oxygen atoms in total. The van der Waals surface area contributed by atoms with E-state index in [4.69, 9.17) is 16.1 Å². The second-order valence-corrected chi connectivity index (χ2v) is 9.74. The van der Waals surface area contributed by atoms with E-state index in [0.29, 0.717) is 29.1 Å². The summed E-state index contributed by atoms with van der Waals surface area (Å²) >= 11 is 9.39. The predicted molar refractivity (Wildman–Crippen MR) is 109 cm³/mol. The van der Waals surface area contributed by atoms with E-state index in [1.807, 2.05) is 4.90 Å². The van der Waals surface area contributed by atoms with E-state index in [1.54, 1.807) is 32.0 Å². The average Bonchev–Trinajstić information content (AvgIpc) is 3.05. The van der Waals surface area contributed by atoms with Crippen molar-refractivity contribution in [3.05, 3.63) is 39.5 Å². The minimum absolute atomic E-state index is 0.0808. The molecular formula is C17H20BrClN4O4S. The number of carbonyl (C=O) groups excluding carboxylic acids is 1. The van der Waals surface area contributed by atoms with E-state index in [1.165, 1.54) is 10.4 Å². The van der Waals surface area contributed by atoms with Gasteiger partial charge in [-0.1, -0.05) is 32.7 Å². The van der Waals surface area contributed by atoms with Gasteiger partial charge in [-0.2, -0.15) is 4.31 Å². The van der Waals surface area contributed by atoms with Crippen molar-refractivity contribution in [2.45, 2.75) is 24.8 Å². The number of halogens is 2. The van der Waals surface area contributed by atoms with Gasteiger partial charge in [0.05, 0.1) is 16.8 Å². The predicted octanol–water partition coefficient (Wildman–Crippen LogP) is 2.73. The van der Waals surface area contributed by atoms with Crippen LogP contribution in [-0.2, 0) is 14.8 Å². The van der Waals surface area contributed by atoms with Crippen LogP contribution in [0.2, 0.25) is 5.02 Å². The number of hydrogen-bond donors (Lipinski definition) is 1. The third-order valence-electron chi connectivity index (χ3n) is 4.59. The van der Waals surface area contributed by atoms with Gasteiger partial charge in [0.1, 0.15) is 4.90 Å². The van der Waals surface area contributed by atoms with Gasteiger partial charge < -0.3 is 4.52 Å². The fourth-order valence-corrected chi connectivity index (χ4v) is 5.40. The van der Waals surface area contributed by atoms with E-state index < -0.39 is 16.1 Å². The Hall–Kier alpha value is -1.46.